The van der Waals surface area contributed by atoms with Crippen LogP contribution in [0.1, 0.15) is 10.5 Å². The van der Waals surface area contributed by atoms with E-state index in [2.05, 4.69) is 31.2 Å². The van der Waals surface area contributed by atoms with Crippen molar-refractivity contribution in [1.29, 1.82) is 0 Å². The Morgan fingerprint density at radius 1 is 1.32 bits per heavy atom. The van der Waals surface area contributed by atoms with Crippen LogP contribution in [0.4, 0.5) is 5.82 Å². The normalized spacial score (nSPS) is 15.5. The van der Waals surface area contributed by atoms with Gasteiger partial charge in [0.1, 0.15) is 31.9 Å². The van der Waals surface area contributed by atoms with E-state index < -0.39 is 0 Å². The molecule has 1 aliphatic rings. The van der Waals surface area contributed by atoms with Gasteiger partial charge in [-0.2, -0.15) is 0 Å². The van der Waals surface area contributed by atoms with Crippen molar-refractivity contribution in [1.82, 2.24) is 15.3 Å². The molecule has 2 aromatic heterocycles. The fourth-order valence-electron chi connectivity index (χ4n) is 2.53. The van der Waals surface area contributed by atoms with Crippen LogP contribution in [0.2, 0.25) is 0 Å². The van der Waals surface area contributed by atoms with Crippen LogP contribution < -0.4 is 20.1 Å². The van der Waals surface area contributed by atoms with Crippen LogP contribution in [-0.4, -0.2) is 48.7 Å². The number of piperazine rings is 1. The highest BCUT2D eigenvalue weighted by atomic mass is 16.2. The predicted octanol–water partition coefficient (Wildman–Crippen LogP) is -1.62. The number of H-pyrrole nitrogens is 1. The van der Waals surface area contributed by atoms with Gasteiger partial charge in [-0.15, -0.1) is 0 Å². The van der Waals surface area contributed by atoms with Crippen molar-refractivity contribution in [2.45, 2.75) is 0 Å². The summed E-state index contributed by atoms with van der Waals surface area (Å²) >= 11 is 0. The molecule has 1 amide bonds. The molecule has 0 bridgehead atoms. The molecule has 0 atom stereocenters. The minimum atomic E-state index is -0.167. The average molecular weight is 300 g/mol. The largest absolute Gasteiger partial charge is 0.311 e. The van der Waals surface area contributed by atoms with Crippen LogP contribution >= 0.6 is 0 Å². The van der Waals surface area contributed by atoms with Gasteiger partial charge in [-0.1, -0.05) is 6.07 Å². The third kappa shape index (κ3) is 3.56. The zero-order valence-corrected chi connectivity index (χ0v) is 12.3. The van der Waals surface area contributed by atoms with E-state index in [-0.39, 0.29) is 5.91 Å². The van der Waals surface area contributed by atoms with E-state index in [1.165, 1.54) is 17.3 Å². The quantitative estimate of drug-likeness (QED) is 0.712. The highest BCUT2D eigenvalue weighted by Gasteiger charge is 2.25. The molecule has 2 aromatic rings. The Morgan fingerprint density at radius 2 is 2.18 bits per heavy atom. The van der Waals surface area contributed by atoms with Gasteiger partial charge in [-0.05, 0) is 6.07 Å². The number of aromatic amines is 1. The monoisotopic (exact) mass is 300 g/mol. The Bertz CT molecular complexity index is 598. The molecule has 0 unspecified atom stereocenters. The molecule has 3 N–H and O–H groups in total. The van der Waals surface area contributed by atoms with Gasteiger partial charge in [-0.25, -0.2) is 9.97 Å². The number of amides is 1. The molecule has 7 nitrogen and oxygen atoms in total. The number of aromatic nitrogens is 3. The fraction of sp³-hybridized carbons (Fsp3) is 0.333. The van der Waals surface area contributed by atoms with Crippen molar-refractivity contribution in [2.75, 3.05) is 37.7 Å². The van der Waals surface area contributed by atoms with E-state index in [0.29, 0.717) is 12.4 Å². The van der Waals surface area contributed by atoms with Gasteiger partial charge in [0.25, 0.3) is 11.7 Å². The molecule has 1 fully saturated rings. The predicted molar refractivity (Wildman–Crippen MR) is 80.3 cm³/mol. The second-order valence-corrected chi connectivity index (χ2v) is 5.26. The summed E-state index contributed by atoms with van der Waals surface area (Å²) in [5.74, 6) is 0.976. The van der Waals surface area contributed by atoms with E-state index in [9.17, 15) is 4.79 Å². The van der Waals surface area contributed by atoms with E-state index in [0.717, 1.165) is 32.0 Å². The average Bonchev–Trinajstić information content (AvgIpc) is 2.61. The van der Waals surface area contributed by atoms with Crippen molar-refractivity contribution < 1.29 is 14.7 Å². The van der Waals surface area contributed by atoms with Crippen LogP contribution in [0.25, 0.3) is 0 Å². The van der Waals surface area contributed by atoms with E-state index in [4.69, 9.17) is 0 Å². The van der Waals surface area contributed by atoms with Crippen LogP contribution in [0.15, 0.2) is 43.0 Å². The standard InChI is InChI=1S/C15H18N6O/c22-15(13-11-16-5-6-17-13)19-12-20-7-9-21(10-8-20)14-3-1-2-4-18-14/h1-6,11H,7-10,12H2,(H,19,22)/p+2. The SMILES string of the molecule is O=C(NC[NH+]1CCN(c2cccc[nH+]2)CC1)c1cnccn1. The molecule has 1 aliphatic heterocycles. The van der Waals surface area contributed by atoms with E-state index in [1.54, 1.807) is 6.20 Å². The Hall–Kier alpha value is -2.54. The third-order valence-corrected chi connectivity index (χ3v) is 3.80. The molecule has 3 rings (SSSR count). The Kier molecular flexibility index (Phi) is 4.55. The summed E-state index contributed by atoms with van der Waals surface area (Å²) in [6.45, 7) is 4.53. The van der Waals surface area contributed by atoms with Crippen LogP contribution in [0.3, 0.4) is 0 Å². The van der Waals surface area contributed by atoms with Crippen molar-refractivity contribution in [2.24, 2.45) is 0 Å². The number of carbonyl (C=O) groups excluding carboxylic acids is 1. The fourth-order valence-corrected chi connectivity index (χ4v) is 2.53. The molecule has 0 radical (unpaired) electrons. The van der Waals surface area contributed by atoms with Gasteiger partial charge in [-0.3, -0.25) is 14.7 Å². The maximum Gasteiger partial charge on any atom is 0.275 e. The summed E-state index contributed by atoms with van der Waals surface area (Å²) in [6, 6.07) is 6.10. The zero-order chi connectivity index (χ0) is 15.2. The first-order valence-corrected chi connectivity index (χ1v) is 7.42. The summed E-state index contributed by atoms with van der Waals surface area (Å²) in [7, 11) is 0. The number of hydrogen-bond acceptors (Lipinski definition) is 4. The third-order valence-electron chi connectivity index (χ3n) is 3.80. The molecule has 0 saturated carbocycles. The Labute approximate surface area is 129 Å². The van der Waals surface area contributed by atoms with Gasteiger partial charge in [0, 0.05) is 18.5 Å². The second kappa shape index (κ2) is 6.95. The highest BCUT2D eigenvalue weighted by molar-refractivity contribution is 5.91. The van der Waals surface area contributed by atoms with Crippen LogP contribution in [0, 0.1) is 0 Å². The number of hydrogen-bond donors (Lipinski definition) is 2. The lowest BCUT2D eigenvalue weighted by Crippen LogP contribution is -3.16. The highest BCUT2D eigenvalue weighted by Crippen LogP contribution is 2.04. The van der Waals surface area contributed by atoms with Crippen molar-refractivity contribution in [3.05, 3.63) is 48.7 Å². The molecule has 0 spiro atoms. The number of pyridine rings is 1. The van der Waals surface area contributed by atoms with Gasteiger partial charge < -0.3 is 10.2 Å². The Balaban J connectivity index is 1.45. The topological polar surface area (TPSA) is 76.7 Å². The lowest BCUT2D eigenvalue weighted by atomic mass is 10.3. The van der Waals surface area contributed by atoms with Crippen LogP contribution in [0.5, 0.6) is 0 Å². The van der Waals surface area contributed by atoms with Crippen molar-refractivity contribution >= 4 is 11.7 Å². The number of nitrogens with zero attached hydrogens (tertiary/aromatic N) is 3. The number of nitrogens with one attached hydrogen (secondary N) is 3. The lowest BCUT2D eigenvalue weighted by molar-refractivity contribution is -0.902. The summed E-state index contributed by atoms with van der Waals surface area (Å²) < 4.78 is 0. The summed E-state index contributed by atoms with van der Waals surface area (Å²) in [6.07, 6.45) is 6.50. The molecular weight excluding hydrogens is 280 g/mol. The van der Waals surface area contributed by atoms with E-state index >= 15 is 0 Å². The maximum absolute atomic E-state index is 11.9. The van der Waals surface area contributed by atoms with Crippen molar-refractivity contribution in [3.8, 4) is 0 Å². The summed E-state index contributed by atoms with van der Waals surface area (Å²) in [4.78, 5) is 26.8. The van der Waals surface area contributed by atoms with Gasteiger partial charge in [0.05, 0.1) is 12.4 Å². The number of quaternary nitrogens is 1. The minimum Gasteiger partial charge on any atom is -0.311 e. The van der Waals surface area contributed by atoms with Gasteiger partial charge in [0.2, 0.25) is 0 Å². The first-order valence-electron chi connectivity index (χ1n) is 7.42. The number of anilines is 1. The van der Waals surface area contributed by atoms with Crippen molar-refractivity contribution in [3.63, 3.8) is 0 Å². The molecule has 1 saturated heterocycles. The number of rotatable bonds is 4. The second-order valence-electron chi connectivity index (χ2n) is 5.26. The first-order chi connectivity index (χ1) is 10.8. The molecule has 3 heterocycles. The smallest absolute Gasteiger partial charge is 0.275 e. The minimum absolute atomic E-state index is 0.167. The van der Waals surface area contributed by atoms with Crippen LogP contribution in [-0.2, 0) is 0 Å². The lowest BCUT2D eigenvalue weighted by Gasteiger charge is -2.28. The van der Waals surface area contributed by atoms with Gasteiger partial charge in [0.15, 0.2) is 6.67 Å². The maximum atomic E-state index is 11.9. The summed E-state index contributed by atoms with van der Waals surface area (Å²) in [5, 5.41) is 2.92. The molecule has 0 aliphatic carbocycles. The number of carbonyl (C=O) groups is 1. The molecule has 0 aromatic carbocycles. The van der Waals surface area contributed by atoms with Gasteiger partial charge >= 0.3 is 0 Å². The molecule has 7 heteroatoms. The zero-order valence-electron chi connectivity index (χ0n) is 12.3. The summed E-state index contributed by atoms with van der Waals surface area (Å²) in [5.41, 5.74) is 0.361. The molecule has 114 valence electrons. The molecule has 22 heavy (non-hydrogen) atoms. The first kappa shape index (κ1) is 14.4. The Morgan fingerprint density at radius 3 is 2.86 bits per heavy atom. The molecular formula is C15H20N6O+2. The van der Waals surface area contributed by atoms with E-state index in [1.807, 2.05) is 18.3 Å².